The fourth-order valence-corrected chi connectivity index (χ4v) is 2.52. The van der Waals surface area contributed by atoms with E-state index in [1.54, 1.807) is 11.9 Å². The lowest BCUT2D eigenvalue weighted by atomic mass is 10.1. The van der Waals surface area contributed by atoms with E-state index in [4.69, 9.17) is 11.6 Å². The van der Waals surface area contributed by atoms with Gasteiger partial charge in [-0.1, -0.05) is 35.9 Å². The summed E-state index contributed by atoms with van der Waals surface area (Å²) in [5.74, 6) is 0.0277. The molecule has 0 bridgehead atoms. The molecule has 0 aliphatic carbocycles. The molecule has 1 amide bonds. The minimum Gasteiger partial charge on any atom is -0.337 e. The van der Waals surface area contributed by atoms with Gasteiger partial charge in [-0.3, -0.25) is 4.79 Å². The molecule has 0 heterocycles. The Morgan fingerprint density at radius 1 is 1.16 bits per heavy atom. The predicted molar refractivity (Wildman–Crippen MR) is 86.4 cm³/mol. The maximum Gasteiger partial charge on any atom is 0.254 e. The van der Waals surface area contributed by atoms with Gasteiger partial charge in [0.1, 0.15) is 0 Å². The Hall–Kier alpha value is -1.07. The van der Waals surface area contributed by atoms with Gasteiger partial charge >= 0.3 is 0 Å². The van der Waals surface area contributed by atoms with E-state index in [0.717, 1.165) is 14.7 Å². The van der Waals surface area contributed by atoms with Gasteiger partial charge in [0.2, 0.25) is 0 Å². The van der Waals surface area contributed by atoms with Crippen molar-refractivity contribution >= 4 is 40.1 Å². The molecule has 0 aliphatic heterocycles. The van der Waals surface area contributed by atoms with Crippen molar-refractivity contribution in [1.82, 2.24) is 4.90 Å². The van der Waals surface area contributed by atoms with Crippen molar-refractivity contribution in [2.45, 2.75) is 6.54 Å². The summed E-state index contributed by atoms with van der Waals surface area (Å²) >= 11 is 8.03. The molecule has 0 saturated carbocycles. The fraction of sp³-hybridized carbons (Fsp3) is 0.133. The molecule has 0 radical (unpaired) electrons. The summed E-state index contributed by atoms with van der Waals surface area (Å²) in [6.07, 6.45) is 0. The molecule has 2 aromatic rings. The molecule has 0 spiro atoms. The van der Waals surface area contributed by atoms with Gasteiger partial charge in [0.25, 0.3) is 5.91 Å². The molecule has 0 unspecified atom stereocenters. The Morgan fingerprint density at radius 2 is 1.79 bits per heavy atom. The number of hydrogen-bond acceptors (Lipinski definition) is 1. The van der Waals surface area contributed by atoms with Crippen molar-refractivity contribution in [1.29, 1.82) is 0 Å². The lowest BCUT2D eigenvalue weighted by Crippen LogP contribution is -2.26. The molecule has 2 rings (SSSR count). The van der Waals surface area contributed by atoms with Gasteiger partial charge in [-0.05, 0) is 52.4 Å². The summed E-state index contributed by atoms with van der Waals surface area (Å²) in [5.41, 5.74) is 1.80. The van der Waals surface area contributed by atoms with Gasteiger partial charge in [-0.2, -0.15) is 0 Å². The standard InChI is InChI=1S/C15H13ClINO/c1-18(10-11-6-8-12(16)9-7-11)15(19)13-4-2-3-5-14(13)17/h2-9H,10H2,1H3. The van der Waals surface area contributed by atoms with E-state index in [1.807, 2.05) is 48.5 Å². The van der Waals surface area contributed by atoms with E-state index in [-0.39, 0.29) is 5.91 Å². The van der Waals surface area contributed by atoms with Crippen LogP contribution in [0.3, 0.4) is 0 Å². The van der Waals surface area contributed by atoms with E-state index in [1.165, 1.54) is 0 Å². The van der Waals surface area contributed by atoms with Crippen LogP contribution >= 0.6 is 34.2 Å². The Kier molecular flexibility index (Phi) is 4.82. The number of rotatable bonds is 3. The van der Waals surface area contributed by atoms with Crippen molar-refractivity contribution in [3.63, 3.8) is 0 Å². The van der Waals surface area contributed by atoms with E-state index < -0.39 is 0 Å². The highest BCUT2D eigenvalue weighted by Crippen LogP contribution is 2.16. The average molecular weight is 386 g/mol. The molecule has 0 N–H and O–H groups in total. The number of nitrogens with zero attached hydrogens (tertiary/aromatic N) is 1. The van der Waals surface area contributed by atoms with Crippen molar-refractivity contribution in [2.75, 3.05) is 7.05 Å². The second-order valence-electron chi connectivity index (χ2n) is 4.27. The molecule has 2 aromatic carbocycles. The third-order valence-electron chi connectivity index (χ3n) is 2.78. The quantitative estimate of drug-likeness (QED) is 0.725. The highest BCUT2D eigenvalue weighted by Gasteiger charge is 2.14. The number of carbonyl (C=O) groups excluding carboxylic acids is 1. The van der Waals surface area contributed by atoms with Crippen LogP contribution in [-0.4, -0.2) is 17.9 Å². The van der Waals surface area contributed by atoms with Crippen LogP contribution in [0.5, 0.6) is 0 Å². The highest BCUT2D eigenvalue weighted by molar-refractivity contribution is 14.1. The molecule has 98 valence electrons. The summed E-state index contributed by atoms with van der Waals surface area (Å²) in [5, 5.41) is 0.704. The van der Waals surface area contributed by atoms with Crippen LogP contribution in [0, 0.1) is 3.57 Å². The molecule has 0 aliphatic rings. The van der Waals surface area contributed by atoms with Gasteiger partial charge in [0.05, 0.1) is 5.56 Å². The van der Waals surface area contributed by atoms with Crippen LogP contribution in [0.25, 0.3) is 0 Å². The van der Waals surface area contributed by atoms with E-state index >= 15 is 0 Å². The smallest absolute Gasteiger partial charge is 0.254 e. The maximum atomic E-state index is 12.3. The van der Waals surface area contributed by atoms with E-state index in [9.17, 15) is 4.79 Å². The highest BCUT2D eigenvalue weighted by atomic mass is 127. The van der Waals surface area contributed by atoms with Crippen LogP contribution in [-0.2, 0) is 6.54 Å². The normalized spacial score (nSPS) is 10.3. The number of hydrogen-bond donors (Lipinski definition) is 0. The minimum absolute atomic E-state index is 0.0277. The van der Waals surface area contributed by atoms with Gasteiger partial charge in [-0.15, -0.1) is 0 Å². The second kappa shape index (κ2) is 6.39. The molecular formula is C15H13ClINO. The molecular weight excluding hydrogens is 373 g/mol. The third kappa shape index (κ3) is 3.70. The fourth-order valence-electron chi connectivity index (χ4n) is 1.78. The van der Waals surface area contributed by atoms with Crippen molar-refractivity contribution in [3.8, 4) is 0 Å². The molecule has 0 fully saturated rings. The maximum absolute atomic E-state index is 12.3. The lowest BCUT2D eigenvalue weighted by molar-refractivity contribution is 0.0784. The first-order chi connectivity index (χ1) is 9.08. The van der Waals surface area contributed by atoms with Crippen LogP contribution < -0.4 is 0 Å². The number of carbonyl (C=O) groups is 1. The number of halogens is 2. The molecule has 0 saturated heterocycles. The summed E-state index contributed by atoms with van der Waals surface area (Å²) in [6.45, 7) is 0.570. The zero-order valence-corrected chi connectivity index (χ0v) is 13.4. The van der Waals surface area contributed by atoms with Gasteiger partial charge in [0, 0.05) is 22.2 Å². The van der Waals surface area contributed by atoms with Gasteiger partial charge < -0.3 is 4.90 Å². The molecule has 0 atom stereocenters. The SMILES string of the molecule is CN(Cc1ccc(Cl)cc1)C(=O)c1ccccc1I. The van der Waals surface area contributed by atoms with E-state index in [0.29, 0.717) is 11.6 Å². The Labute approximate surface area is 131 Å². The molecule has 2 nitrogen and oxygen atoms in total. The van der Waals surface area contributed by atoms with Crippen molar-refractivity contribution in [3.05, 3.63) is 68.3 Å². The summed E-state index contributed by atoms with van der Waals surface area (Å²) in [7, 11) is 1.81. The second-order valence-corrected chi connectivity index (χ2v) is 5.87. The van der Waals surface area contributed by atoms with Crippen LogP contribution in [0.1, 0.15) is 15.9 Å². The van der Waals surface area contributed by atoms with Crippen LogP contribution in [0.15, 0.2) is 48.5 Å². The van der Waals surface area contributed by atoms with Gasteiger partial charge in [-0.25, -0.2) is 0 Å². The summed E-state index contributed by atoms with van der Waals surface area (Å²) in [6, 6.07) is 15.1. The number of benzene rings is 2. The van der Waals surface area contributed by atoms with Crippen LogP contribution in [0.2, 0.25) is 5.02 Å². The zero-order valence-electron chi connectivity index (χ0n) is 10.4. The van der Waals surface area contributed by atoms with Crippen LogP contribution in [0.4, 0.5) is 0 Å². The Bertz CT molecular complexity index is 583. The summed E-state index contributed by atoms with van der Waals surface area (Å²) < 4.78 is 0.966. The van der Waals surface area contributed by atoms with E-state index in [2.05, 4.69) is 22.6 Å². The minimum atomic E-state index is 0.0277. The molecule has 19 heavy (non-hydrogen) atoms. The Balaban J connectivity index is 2.12. The first-order valence-corrected chi connectivity index (χ1v) is 7.28. The molecule has 4 heteroatoms. The topological polar surface area (TPSA) is 20.3 Å². The third-order valence-corrected chi connectivity index (χ3v) is 3.98. The van der Waals surface area contributed by atoms with Crippen molar-refractivity contribution in [2.24, 2.45) is 0 Å². The predicted octanol–water partition coefficient (Wildman–Crippen LogP) is 4.22. The molecule has 0 aromatic heterocycles. The average Bonchev–Trinajstić information content (AvgIpc) is 2.41. The first-order valence-electron chi connectivity index (χ1n) is 5.82. The Morgan fingerprint density at radius 3 is 2.42 bits per heavy atom. The summed E-state index contributed by atoms with van der Waals surface area (Å²) in [4.78, 5) is 14.0. The zero-order chi connectivity index (χ0) is 13.8. The largest absolute Gasteiger partial charge is 0.337 e. The van der Waals surface area contributed by atoms with Crippen molar-refractivity contribution < 1.29 is 4.79 Å². The lowest BCUT2D eigenvalue weighted by Gasteiger charge is -2.18. The monoisotopic (exact) mass is 385 g/mol. The first kappa shape index (κ1) is 14.3. The van der Waals surface area contributed by atoms with Gasteiger partial charge in [0.15, 0.2) is 0 Å². The number of amides is 1.